The Bertz CT molecular complexity index is 934. The van der Waals surface area contributed by atoms with Crippen molar-refractivity contribution in [3.63, 3.8) is 0 Å². The quantitative estimate of drug-likeness (QED) is 0.495. The first-order valence-corrected chi connectivity index (χ1v) is 9.24. The molecule has 0 radical (unpaired) electrons. The summed E-state index contributed by atoms with van der Waals surface area (Å²) in [5, 5.41) is 14.9. The maximum Gasteiger partial charge on any atom is 0.269 e. The Balaban J connectivity index is 1.38. The molecule has 2 heterocycles. The lowest BCUT2D eigenvalue weighted by Gasteiger charge is -2.38. The Hall–Kier alpha value is -3.26. The van der Waals surface area contributed by atoms with Crippen molar-refractivity contribution in [1.29, 1.82) is 0 Å². The van der Waals surface area contributed by atoms with Gasteiger partial charge < -0.3 is 9.42 Å². The second kappa shape index (κ2) is 7.77. The summed E-state index contributed by atoms with van der Waals surface area (Å²) < 4.78 is 5.50. The van der Waals surface area contributed by atoms with Gasteiger partial charge in [0.2, 0.25) is 11.7 Å². The zero-order chi connectivity index (χ0) is 19.5. The number of piperazine rings is 1. The van der Waals surface area contributed by atoms with Crippen molar-refractivity contribution < 1.29 is 9.45 Å². The predicted molar refractivity (Wildman–Crippen MR) is 105 cm³/mol. The lowest BCUT2D eigenvalue weighted by Crippen LogP contribution is -2.47. The van der Waals surface area contributed by atoms with Gasteiger partial charge in [-0.15, -0.1) is 0 Å². The summed E-state index contributed by atoms with van der Waals surface area (Å²) in [6.07, 6.45) is 0. The average molecular weight is 379 g/mol. The normalized spacial score (nSPS) is 16.1. The zero-order valence-corrected chi connectivity index (χ0v) is 15.6. The van der Waals surface area contributed by atoms with Crippen LogP contribution in [0.15, 0.2) is 59.1 Å². The molecule has 0 saturated carbocycles. The van der Waals surface area contributed by atoms with Crippen LogP contribution < -0.4 is 4.90 Å². The minimum atomic E-state index is -0.377. The maximum atomic E-state index is 10.8. The van der Waals surface area contributed by atoms with Crippen molar-refractivity contribution in [3.8, 4) is 11.4 Å². The van der Waals surface area contributed by atoms with Gasteiger partial charge in [-0.3, -0.25) is 15.0 Å². The highest BCUT2D eigenvalue weighted by Crippen LogP contribution is 2.25. The van der Waals surface area contributed by atoms with E-state index in [0.29, 0.717) is 11.7 Å². The van der Waals surface area contributed by atoms with Crippen LogP contribution in [0.1, 0.15) is 18.9 Å². The lowest BCUT2D eigenvalue weighted by atomic mass is 10.2. The molecule has 8 heteroatoms. The van der Waals surface area contributed by atoms with Gasteiger partial charge in [-0.2, -0.15) is 4.98 Å². The molecule has 8 nitrogen and oxygen atoms in total. The van der Waals surface area contributed by atoms with Gasteiger partial charge in [0.1, 0.15) is 0 Å². The van der Waals surface area contributed by atoms with E-state index in [1.165, 1.54) is 0 Å². The van der Waals surface area contributed by atoms with E-state index >= 15 is 0 Å². The van der Waals surface area contributed by atoms with Crippen molar-refractivity contribution in [2.45, 2.75) is 13.0 Å². The lowest BCUT2D eigenvalue weighted by molar-refractivity contribution is -0.384. The van der Waals surface area contributed by atoms with Gasteiger partial charge in [0.05, 0.1) is 11.0 Å². The van der Waals surface area contributed by atoms with E-state index < -0.39 is 0 Å². The Morgan fingerprint density at radius 1 is 1.04 bits per heavy atom. The Morgan fingerprint density at radius 2 is 1.71 bits per heavy atom. The van der Waals surface area contributed by atoms with Crippen LogP contribution in [0.5, 0.6) is 0 Å². The number of nitrogens with zero attached hydrogens (tertiary/aromatic N) is 5. The summed E-state index contributed by atoms with van der Waals surface area (Å²) in [6, 6.07) is 16.5. The molecule has 0 spiro atoms. The zero-order valence-electron chi connectivity index (χ0n) is 15.6. The number of non-ortho nitro benzene ring substituents is 1. The van der Waals surface area contributed by atoms with E-state index in [0.717, 1.165) is 37.4 Å². The molecule has 144 valence electrons. The van der Waals surface area contributed by atoms with Gasteiger partial charge in [0.25, 0.3) is 5.69 Å². The first kappa shape index (κ1) is 18.1. The Labute approximate surface area is 162 Å². The largest absolute Gasteiger partial charge is 0.369 e. The molecule has 28 heavy (non-hydrogen) atoms. The first-order valence-electron chi connectivity index (χ1n) is 9.24. The van der Waals surface area contributed by atoms with Gasteiger partial charge in [0, 0.05) is 49.6 Å². The molecule has 1 fully saturated rings. The minimum absolute atomic E-state index is 0.0315. The van der Waals surface area contributed by atoms with E-state index in [-0.39, 0.29) is 16.7 Å². The number of anilines is 1. The second-order valence-corrected chi connectivity index (χ2v) is 6.79. The molecule has 0 amide bonds. The van der Waals surface area contributed by atoms with Crippen LogP contribution in [0.25, 0.3) is 11.4 Å². The Morgan fingerprint density at radius 3 is 2.36 bits per heavy atom. The van der Waals surface area contributed by atoms with Crippen molar-refractivity contribution in [2.24, 2.45) is 0 Å². The van der Waals surface area contributed by atoms with Gasteiger partial charge in [-0.05, 0) is 19.1 Å². The van der Waals surface area contributed by atoms with Gasteiger partial charge in [-0.25, -0.2) is 0 Å². The maximum absolute atomic E-state index is 10.8. The highest BCUT2D eigenvalue weighted by Gasteiger charge is 2.26. The minimum Gasteiger partial charge on any atom is -0.369 e. The monoisotopic (exact) mass is 379 g/mol. The highest BCUT2D eigenvalue weighted by molar-refractivity contribution is 5.53. The van der Waals surface area contributed by atoms with Crippen LogP contribution in [-0.4, -0.2) is 46.1 Å². The fourth-order valence-corrected chi connectivity index (χ4v) is 3.42. The standard InChI is InChI=1S/C20H21N5O3/c1-15(20-21-19(22-28-20)16-5-3-2-4-6-16)23-11-13-24(14-12-23)17-7-9-18(10-8-17)25(26)27/h2-10,15H,11-14H2,1H3/t15-/m0/s1. The van der Waals surface area contributed by atoms with Crippen molar-refractivity contribution in [2.75, 3.05) is 31.1 Å². The molecule has 1 saturated heterocycles. The predicted octanol–water partition coefficient (Wildman–Crippen LogP) is 3.53. The fraction of sp³-hybridized carbons (Fsp3) is 0.300. The summed E-state index contributed by atoms with van der Waals surface area (Å²) in [4.78, 5) is 19.5. The van der Waals surface area contributed by atoms with Gasteiger partial charge in [-0.1, -0.05) is 35.5 Å². The molecule has 4 rings (SSSR count). The Kier molecular flexibility index (Phi) is 5.03. The fourth-order valence-electron chi connectivity index (χ4n) is 3.42. The van der Waals surface area contributed by atoms with E-state index in [1.807, 2.05) is 30.3 Å². The SMILES string of the molecule is C[C@@H](c1nc(-c2ccccc2)no1)N1CCN(c2ccc([N+](=O)[O-])cc2)CC1. The smallest absolute Gasteiger partial charge is 0.269 e. The number of hydrogen-bond acceptors (Lipinski definition) is 7. The molecule has 0 N–H and O–H groups in total. The van der Waals surface area contributed by atoms with Crippen LogP contribution in [0.2, 0.25) is 0 Å². The molecule has 2 aromatic carbocycles. The van der Waals surface area contributed by atoms with E-state index in [9.17, 15) is 10.1 Å². The number of rotatable bonds is 5. The topological polar surface area (TPSA) is 88.5 Å². The van der Waals surface area contributed by atoms with Crippen LogP contribution in [0, 0.1) is 10.1 Å². The van der Waals surface area contributed by atoms with Crippen molar-refractivity contribution >= 4 is 11.4 Å². The number of hydrogen-bond donors (Lipinski definition) is 0. The van der Waals surface area contributed by atoms with Gasteiger partial charge >= 0.3 is 0 Å². The molecule has 3 aromatic rings. The first-order chi connectivity index (χ1) is 13.6. The molecular weight excluding hydrogens is 358 g/mol. The van der Waals surface area contributed by atoms with Crippen LogP contribution in [0.4, 0.5) is 11.4 Å². The number of nitro groups is 1. The molecule has 0 aliphatic carbocycles. The van der Waals surface area contributed by atoms with Crippen LogP contribution in [0.3, 0.4) is 0 Å². The van der Waals surface area contributed by atoms with Gasteiger partial charge in [0.15, 0.2) is 0 Å². The third kappa shape index (κ3) is 3.72. The molecule has 1 aliphatic rings. The summed E-state index contributed by atoms with van der Waals surface area (Å²) in [5.74, 6) is 1.22. The molecule has 0 bridgehead atoms. The van der Waals surface area contributed by atoms with Crippen molar-refractivity contribution in [1.82, 2.24) is 15.0 Å². The molecule has 1 atom stereocenters. The van der Waals surface area contributed by atoms with Crippen LogP contribution in [-0.2, 0) is 0 Å². The number of benzene rings is 2. The summed E-state index contributed by atoms with van der Waals surface area (Å²) >= 11 is 0. The van der Waals surface area contributed by atoms with Crippen LogP contribution >= 0.6 is 0 Å². The number of nitro benzene ring substituents is 1. The molecule has 1 aliphatic heterocycles. The number of aromatic nitrogens is 2. The van der Waals surface area contributed by atoms with E-state index in [4.69, 9.17) is 4.52 Å². The van der Waals surface area contributed by atoms with E-state index in [2.05, 4.69) is 26.9 Å². The summed E-state index contributed by atoms with van der Waals surface area (Å²) in [5.41, 5.74) is 2.05. The third-order valence-electron chi connectivity index (χ3n) is 5.12. The molecule has 0 unspecified atom stereocenters. The molecule has 1 aromatic heterocycles. The summed E-state index contributed by atoms with van der Waals surface area (Å²) in [6.45, 7) is 5.44. The third-order valence-corrected chi connectivity index (χ3v) is 5.12. The van der Waals surface area contributed by atoms with Crippen molar-refractivity contribution in [3.05, 3.63) is 70.6 Å². The van der Waals surface area contributed by atoms with E-state index in [1.54, 1.807) is 24.3 Å². The average Bonchev–Trinajstić information content (AvgIpc) is 3.24. The highest BCUT2D eigenvalue weighted by atomic mass is 16.6. The molecular formula is C20H21N5O3. The summed E-state index contributed by atoms with van der Waals surface area (Å²) in [7, 11) is 0. The second-order valence-electron chi connectivity index (χ2n) is 6.79.